The van der Waals surface area contributed by atoms with E-state index in [1.807, 2.05) is 18.2 Å². The first-order valence-corrected chi connectivity index (χ1v) is 4.26. The molecule has 2 rings (SSSR count). The lowest BCUT2D eigenvalue weighted by Gasteiger charge is -2.19. The first-order valence-electron chi connectivity index (χ1n) is 3.48. The fourth-order valence-electron chi connectivity index (χ4n) is 1.08. The Hall–Kier alpha value is -0.800. The Morgan fingerprint density at radius 3 is 3.17 bits per heavy atom. The monoisotopic (exact) mass is 199 g/mol. The summed E-state index contributed by atoms with van der Waals surface area (Å²) in [6.45, 7) is 0.526. The van der Waals surface area contributed by atoms with Crippen molar-refractivity contribution in [2.24, 2.45) is 0 Å². The third-order valence-corrected chi connectivity index (χ3v) is 2.12. The van der Waals surface area contributed by atoms with Crippen molar-refractivity contribution >= 4 is 34.7 Å². The number of halogens is 1. The summed E-state index contributed by atoms with van der Waals surface area (Å²) in [5.74, 6) is 0. The number of benzene rings is 1. The fraction of sp³-hybridized carbons (Fsp3) is 0.125. The average Bonchev–Trinajstić information content (AvgIpc) is 2.03. The summed E-state index contributed by atoms with van der Waals surface area (Å²) in [6.07, 6.45) is 0. The van der Waals surface area contributed by atoms with Crippen LogP contribution in [-0.2, 0) is 11.3 Å². The molecule has 0 atom stereocenters. The highest BCUT2D eigenvalue weighted by Gasteiger charge is 2.12. The number of ether oxygens (including phenoxy) is 1. The van der Waals surface area contributed by atoms with Crippen LogP contribution in [0.1, 0.15) is 5.56 Å². The molecule has 0 unspecified atom stereocenters. The van der Waals surface area contributed by atoms with E-state index in [0.29, 0.717) is 16.8 Å². The van der Waals surface area contributed by atoms with Gasteiger partial charge in [0.1, 0.15) is 6.61 Å². The predicted molar refractivity (Wildman–Crippen MR) is 52.5 cm³/mol. The minimum Gasteiger partial charge on any atom is -0.466 e. The smallest absolute Gasteiger partial charge is 0.261 e. The van der Waals surface area contributed by atoms with Gasteiger partial charge in [0.15, 0.2) is 0 Å². The summed E-state index contributed by atoms with van der Waals surface area (Å²) in [5.41, 5.74) is 2.02. The van der Waals surface area contributed by atoms with Gasteiger partial charge in [-0.1, -0.05) is 17.7 Å². The zero-order valence-corrected chi connectivity index (χ0v) is 7.71. The minimum atomic E-state index is 0.407. The molecular weight excluding hydrogens is 194 g/mol. The van der Waals surface area contributed by atoms with Gasteiger partial charge in [0, 0.05) is 16.3 Å². The fourth-order valence-corrected chi connectivity index (χ4v) is 1.42. The van der Waals surface area contributed by atoms with Crippen molar-refractivity contribution < 1.29 is 4.74 Å². The third kappa shape index (κ3) is 1.38. The second kappa shape index (κ2) is 2.92. The van der Waals surface area contributed by atoms with Crippen LogP contribution in [-0.4, -0.2) is 5.17 Å². The maximum atomic E-state index is 5.80. The van der Waals surface area contributed by atoms with E-state index in [1.165, 1.54) is 0 Å². The largest absolute Gasteiger partial charge is 0.466 e. The third-order valence-electron chi connectivity index (χ3n) is 1.67. The van der Waals surface area contributed by atoms with E-state index >= 15 is 0 Å². The van der Waals surface area contributed by atoms with Gasteiger partial charge in [-0.3, -0.25) is 0 Å². The highest BCUT2D eigenvalue weighted by molar-refractivity contribution is 7.80. The van der Waals surface area contributed by atoms with E-state index in [0.717, 1.165) is 11.3 Å². The molecule has 1 aromatic rings. The number of rotatable bonds is 0. The molecule has 0 spiro atoms. The van der Waals surface area contributed by atoms with E-state index in [2.05, 4.69) is 5.32 Å². The molecule has 62 valence electrons. The SMILES string of the molecule is S=C1Nc2cc(Cl)ccc2CO1. The summed E-state index contributed by atoms with van der Waals surface area (Å²) in [6, 6.07) is 5.60. The highest BCUT2D eigenvalue weighted by Crippen LogP contribution is 2.24. The first kappa shape index (κ1) is 7.83. The van der Waals surface area contributed by atoms with Gasteiger partial charge in [0.2, 0.25) is 0 Å². The molecule has 2 nitrogen and oxygen atoms in total. The molecule has 1 aliphatic heterocycles. The van der Waals surface area contributed by atoms with Crippen LogP contribution in [0.5, 0.6) is 0 Å². The van der Waals surface area contributed by atoms with Crippen molar-refractivity contribution in [3.05, 3.63) is 28.8 Å². The lowest BCUT2D eigenvalue weighted by Crippen LogP contribution is -2.19. The van der Waals surface area contributed by atoms with Crippen molar-refractivity contribution in [3.63, 3.8) is 0 Å². The lowest BCUT2D eigenvalue weighted by molar-refractivity contribution is 0.294. The van der Waals surface area contributed by atoms with E-state index < -0.39 is 0 Å². The highest BCUT2D eigenvalue weighted by atomic mass is 35.5. The van der Waals surface area contributed by atoms with E-state index in [-0.39, 0.29) is 0 Å². The molecule has 0 saturated carbocycles. The molecule has 4 heteroatoms. The molecule has 1 aromatic carbocycles. The van der Waals surface area contributed by atoms with Crippen LogP contribution in [0.3, 0.4) is 0 Å². The van der Waals surface area contributed by atoms with Gasteiger partial charge < -0.3 is 10.1 Å². The van der Waals surface area contributed by atoms with Crippen molar-refractivity contribution in [2.45, 2.75) is 6.61 Å². The zero-order valence-electron chi connectivity index (χ0n) is 6.13. The topological polar surface area (TPSA) is 21.3 Å². The summed E-state index contributed by atoms with van der Waals surface area (Å²) < 4.78 is 5.12. The molecule has 0 aromatic heterocycles. The maximum absolute atomic E-state index is 5.80. The molecule has 0 aliphatic carbocycles. The van der Waals surface area contributed by atoms with Gasteiger partial charge in [-0.2, -0.15) is 0 Å². The Labute approximate surface area is 80.5 Å². The quantitative estimate of drug-likeness (QED) is 0.649. The molecule has 0 amide bonds. The molecule has 1 aliphatic rings. The number of thiocarbonyl (C=S) groups is 1. The van der Waals surface area contributed by atoms with Crippen LogP contribution < -0.4 is 5.32 Å². The number of anilines is 1. The maximum Gasteiger partial charge on any atom is 0.261 e. The van der Waals surface area contributed by atoms with Crippen molar-refractivity contribution in [1.29, 1.82) is 0 Å². The van der Waals surface area contributed by atoms with Crippen LogP contribution in [0, 0.1) is 0 Å². The van der Waals surface area contributed by atoms with Crippen molar-refractivity contribution in [3.8, 4) is 0 Å². The van der Waals surface area contributed by atoms with Crippen molar-refractivity contribution in [2.75, 3.05) is 5.32 Å². The number of nitrogens with one attached hydrogen (secondary N) is 1. The van der Waals surface area contributed by atoms with Gasteiger partial charge in [-0.25, -0.2) is 0 Å². The molecule has 1 N–H and O–H groups in total. The summed E-state index contributed by atoms with van der Waals surface area (Å²) in [4.78, 5) is 0. The Balaban J connectivity index is 2.44. The molecule has 0 radical (unpaired) electrons. The molecule has 0 bridgehead atoms. The summed E-state index contributed by atoms with van der Waals surface area (Å²) >= 11 is 10.6. The zero-order chi connectivity index (χ0) is 8.55. The first-order chi connectivity index (χ1) is 5.75. The Kier molecular flexibility index (Phi) is 1.90. The second-order valence-electron chi connectivity index (χ2n) is 2.50. The Bertz CT molecular complexity index is 340. The molecule has 0 fully saturated rings. The van der Waals surface area contributed by atoms with Crippen LogP contribution in [0.4, 0.5) is 5.69 Å². The summed E-state index contributed by atoms with van der Waals surface area (Å²) in [5, 5.41) is 4.03. The standard InChI is InChI=1S/C8H6ClNOS/c9-6-2-1-5-4-11-8(12)10-7(5)3-6/h1-3H,4H2,(H,10,12). The van der Waals surface area contributed by atoms with Crippen LogP contribution >= 0.6 is 23.8 Å². The van der Waals surface area contributed by atoms with Crippen molar-refractivity contribution in [1.82, 2.24) is 0 Å². The molecule has 12 heavy (non-hydrogen) atoms. The van der Waals surface area contributed by atoms with Gasteiger partial charge >= 0.3 is 0 Å². The second-order valence-corrected chi connectivity index (χ2v) is 3.31. The predicted octanol–water partition coefficient (Wildman–Crippen LogP) is 2.57. The van der Waals surface area contributed by atoms with E-state index in [9.17, 15) is 0 Å². The molecular formula is C8H6ClNOS. The lowest BCUT2D eigenvalue weighted by atomic mass is 10.2. The van der Waals surface area contributed by atoms with Crippen LogP contribution in [0.25, 0.3) is 0 Å². The van der Waals surface area contributed by atoms with E-state index in [4.69, 9.17) is 28.6 Å². The van der Waals surface area contributed by atoms with Gasteiger partial charge in [-0.15, -0.1) is 0 Å². The van der Waals surface area contributed by atoms with Crippen LogP contribution in [0.2, 0.25) is 5.02 Å². The van der Waals surface area contributed by atoms with E-state index in [1.54, 1.807) is 0 Å². The van der Waals surface area contributed by atoms with Gasteiger partial charge in [0.05, 0.1) is 0 Å². The molecule has 1 heterocycles. The molecule has 0 saturated heterocycles. The number of hydrogen-bond donors (Lipinski definition) is 1. The summed E-state index contributed by atoms with van der Waals surface area (Å²) in [7, 11) is 0. The average molecular weight is 200 g/mol. The Morgan fingerprint density at radius 1 is 1.50 bits per heavy atom. The Morgan fingerprint density at radius 2 is 2.33 bits per heavy atom. The van der Waals surface area contributed by atoms with Crippen LogP contribution in [0.15, 0.2) is 18.2 Å². The minimum absolute atomic E-state index is 0.407. The number of fused-ring (bicyclic) bond motifs is 1. The van der Waals surface area contributed by atoms with Gasteiger partial charge in [0.25, 0.3) is 5.17 Å². The number of hydrogen-bond acceptors (Lipinski definition) is 2. The van der Waals surface area contributed by atoms with Gasteiger partial charge in [-0.05, 0) is 24.4 Å². The normalized spacial score (nSPS) is 14.6.